The highest BCUT2D eigenvalue weighted by Gasteiger charge is 2.23. The van der Waals surface area contributed by atoms with Crippen LogP contribution >= 0.6 is 0 Å². The third kappa shape index (κ3) is 27.9. The topological polar surface area (TPSA) is 341 Å². The number of nitrogens with zero attached hydrogens (tertiary/aromatic N) is 6. The van der Waals surface area contributed by atoms with Crippen LogP contribution in [0.5, 0.6) is 51.7 Å². The number of amides is 2. The summed E-state index contributed by atoms with van der Waals surface area (Å²) in [7, 11) is -6.68. The van der Waals surface area contributed by atoms with Crippen molar-refractivity contribution in [2.75, 3.05) is 97.6 Å². The molecular formula is C62H93N9O18S2. The average molecular weight is 1320 g/mol. The van der Waals surface area contributed by atoms with Crippen LogP contribution < -0.4 is 58.6 Å². The summed E-state index contributed by atoms with van der Waals surface area (Å²) in [5.74, 6) is 0.978. The summed E-state index contributed by atoms with van der Waals surface area (Å²) in [5, 5.41) is 26.2. The lowest BCUT2D eigenvalue weighted by Crippen LogP contribution is -2.25. The second kappa shape index (κ2) is 40.4. The van der Waals surface area contributed by atoms with E-state index in [4.69, 9.17) is 42.6 Å². The minimum atomic E-state index is -4.26. The zero-order chi connectivity index (χ0) is 65.9. The van der Waals surface area contributed by atoms with E-state index in [1.165, 1.54) is 19.1 Å². The first-order valence-electron chi connectivity index (χ1n) is 31.4. The van der Waals surface area contributed by atoms with Gasteiger partial charge in [-0.15, -0.1) is 10.2 Å². The van der Waals surface area contributed by atoms with Crippen LogP contribution in [-0.4, -0.2) is 171 Å². The highest BCUT2D eigenvalue weighted by Crippen LogP contribution is 2.42. The SMILES string of the molecule is CCCCOc1cc(C(=O)NCCCn2cc(CCCCOc3cc(C(C)=O)cc(OCCCCc4cn(CCCNC(=O)c5cc(OCCC)c(OCCC)c(OCCC)c5)nn4)c3OCCNC)nn2)cc(OCCCS(=O)(=O)O)c1OCCCS(=O)(=O)O. The number of hydrogen-bond acceptors (Lipinski definition) is 21. The first-order chi connectivity index (χ1) is 43.8. The summed E-state index contributed by atoms with van der Waals surface area (Å²) in [6.07, 6.45) is 12.7. The molecule has 91 heavy (non-hydrogen) atoms. The van der Waals surface area contributed by atoms with Crippen LogP contribution in [0.1, 0.15) is 161 Å². The Morgan fingerprint density at radius 3 is 1.18 bits per heavy atom. The number of Topliss-reactive ketones (excluding diaryl/α,β-unsaturated/α-hetero) is 1. The molecule has 3 aromatic carbocycles. The van der Waals surface area contributed by atoms with Gasteiger partial charge in [0.1, 0.15) is 6.61 Å². The maximum absolute atomic E-state index is 13.5. The molecule has 0 atom stereocenters. The number of likely N-dealkylation sites (N-methyl/N-ethyl adjacent to an activating group) is 1. The number of unbranched alkanes of at least 4 members (excludes halogenated alkanes) is 3. The van der Waals surface area contributed by atoms with Gasteiger partial charge in [0.2, 0.25) is 17.2 Å². The minimum absolute atomic E-state index is 0.0378. The Kier molecular flexibility index (Phi) is 33.0. The maximum Gasteiger partial charge on any atom is 0.264 e. The van der Waals surface area contributed by atoms with Gasteiger partial charge in [-0.3, -0.25) is 32.9 Å². The zero-order valence-corrected chi connectivity index (χ0v) is 55.1. The molecule has 0 aliphatic heterocycles. The highest BCUT2D eigenvalue weighted by molar-refractivity contribution is 7.86. The summed E-state index contributed by atoms with van der Waals surface area (Å²) in [4.78, 5) is 39.6. The van der Waals surface area contributed by atoms with Crippen LogP contribution in [0, 0.1) is 0 Å². The van der Waals surface area contributed by atoms with Crippen molar-refractivity contribution in [3.63, 3.8) is 0 Å². The first kappa shape index (κ1) is 74.3. The number of nitrogens with one attached hydrogen (secondary N) is 3. The van der Waals surface area contributed by atoms with E-state index in [2.05, 4.69) is 36.6 Å². The predicted molar refractivity (Wildman–Crippen MR) is 340 cm³/mol. The third-order valence-electron chi connectivity index (χ3n) is 13.4. The number of benzene rings is 3. The molecule has 0 aliphatic rings. The molecule has 2 amide bonds. The van der Waals surface area contributed by atoms with Crippen molar-refractivity contribution in [3.8, 4) is 51.7 Å². The molecule has 27 nitrogen and oxygen atoms in total. The van der Waals surface area contributed by atoms with Gasteiger partial charge in [-0.25, -0.2) is 0 Å². The number of rotatable bonds is 50. The fourth-order valence-electron chi connectivity index (χ4n) is 8.71. The molecule has 0 aliphatic carbocycles. The molecular weight excluding hydrogens is 1220 g/mol. The van der Waals surface area contributed by atoms with Gasteiger partial charge < -0.3 is 58.6 Å². The third-order valence-corrected chi connectivity index (χ3v) is 15.0. The van der Waals surface area contributed by atoms with Gasteiger partial charge in [0.05, 0.1) is 75.7 Å². The lowest BCUT2D eigenvalue weighted by atomic mass is 10.1. The molecule has 5 aromatic rings. The Hall–Kier alpha value is -7.47. The fraction of sp³-hybridized carbons (Fsp3) is 0.597. The molecule has 0 unspecified atom stereocenters. The maximum atomic E-state index is 13.5. The number of carbonyl (C=O) groups excluding carboxylic acids is 3. The number of aromatic nitrogens is 6. The number of hydrogen-bond donors (Lipinski definition) is 5. The van der Waals surface area contributed by atoms with Crippen molar-refractivity contribution in [2.45, 2.75) is 144 Å². The van der Waals surface area contributed by atoms with Crippen molar-refractivity contribution in [1.29, 1.82) is 0 Å². The summed E-state index contributed by atoms with van der Waals surface area (Å²) in [6.45, 7) is 14.1. The van der Waals surface area contributed by atoms with E-state index < -0.39 is 37.6 Å². The van der Waals surface area contributed by atoms with Crippen molar-refractivity contribution >= 4 is 37.8 Å². The molecule has 5 N–H and O–H groups in total. The molecule has 0 saturated heterocycles. The summed E-state index contributed by atoms with van der Waals surface area (Å²) >= 11 is 0. The Balaban J connectivity index is 1.07. The molecule has 0 bridgehead atoms. The summed E-state index contributed by atoms with van der Waals surface area (Å²) < 4.78 is 121. The van der Waals surface area contributed by atoms with Crippen LogP contribution in [0.25, 0.3) is 0 Å². The van der Waals surface area contributed by atoms with Gasteiger partial charge in [-0.1, -0.05) is 44.5 Å². The van der Waals surface area contributed by atoms with Gasteiger partial charge >= 0.3 is 0 Å². The van der Waals surface area contributed by atoms with Crippen LogP contribution in [-0.2, 0) is 46.2 Å². The van der Waals surface area contributed by atoms with E-state index in [0.717, 1.165) is 49.9 Å². The standard InChI is InChI=1S/C62H93N9O18S2/c1-7-11-30-83-56-42-49(43-57(86-33-18-36-90(75,76)77)59(56)88-34-19-37-91(78,79)80)62(74)65-23-17-26-71-45-51(67-69-71)21-13-15-32-85-53-39-47(46(5)72)38-52(60(53)89-35-24-63-6)84-31-14-12-20-50-44-70(68-66-50)25-16-22-64-61(73)48-40-54(81-27-8-2)58(87-29-10-4)55(41-48)82-28-9-3/h38-45,63H,7-37H2,1-6H3,(H,64,73)(H,65,74)(H,75,76,77)(H,78,79,80). The van der Waals surface area contributed by atoms with E-state index in [9.17, 15) is 40.3 Å². The fourth-order valence-corrected chi connectivity index (χ4v) is 9.67. The van der Waals surface area contributed by atoms with Crippen LogP contribution in [0.4, 0.5) is 0 Å². The Labute approximate surface area is 534 Å². The number of aryl methyl sites for hydroxylation is 4. The highest BCUT2D eigenvalue weighted by atomic mass is 32.2. The molecule has 0 fully saturated rings. The molecule has 0 saturated carbocycles. The van der Waals surface area contributed by atoms with Crippen molar-refractivity contribution in [1.82, 2.24) is 45.9 Å². The average Bonchev–Trinajstić information content (AvgIpc) is 2.55. The molecule has 2 aromatic heterocycles. The molecule has 29 heteroatoms. The van der Waals surface area contributed by atoms with Gasteiger partial charge in [0, 0.05) is 61.8 Å². The lowest BCUT2D eigenvalue weighted by Gasteiger charge is -2.18. The van der Waals surface area contributed by atoms with E-state index in [0.29, 0.717) is 156 Å². The predicted octanol–water partition coefficient (Wildman–Crippen LogP) is 7.97. The van der Waals surface area contributed by atoms with E-state index in [1.54, 1.807) is 33.6 Å². The second-order valence-electron chi connectivity index (χ2n) is 21.4. The minimum Gasteiger partial charge on any atom is -0.490 e. The molecule has 2 heterocycles. The normalized spacial score (nSPS) is 11.5. The van der Waals surface area contributed by atoms with Gasteiger partial charge in [-0.05, 0) is 140 Å². The number of ether oxygens (including phenoxy) is 9. The molecule has 0 spiro atoms. The van der Waals surface area contributed by atoms with Crippen molar-refractivity contribution in [3.05, 3.63) is 76.9 Å². The lowest BCUT2D eigenvalue weighted by molar-refractivity contribution is 0.0943. The summed E-state index contributed by atoms with van der Waals surface area (Å²) in [6, 6.07) is 9.65. The van der Waals surface area contributed by atoms with E-state index in [-0.39, 0.29) is 73.7 Å². The molecule has 506 valence electrons. The van der Waals surface area contributed by atoms with Crippen LogP contribution in [0.15, 0.2) is 48.8 Å². The second-order valence-corrected chi connectivity index (χ2v) is 24.6. The quantitative estimate of drug-likeness (QED) is 0.0140. The van der Waals surface area contributed by atoms with Crippen molar-refractivity contribution in [2.24, 2.45) is 0 Å². The van der Waals surface area contributed by atoms with Crippen LogP contribution in [0.2, 0.25) is 0 Å². The van der Waals surface area contributed by atoms with Gasteiger partial charge in [0.25, 0.3) is 32.1 Å². The molecule has 5 rings (SSSR count). The van der Waals surface area contributed by atoms with E-state index in [1.807, 2.05) is 47.1 Å². The van der Waals surface area contributed by atoms with Crippen molar-refractivity contribution < 1.29 is 83.0 Å². The van der Waals surface area contributed by atoms with E-state index >= 15 is 0 Å². The first-order valence-corrected chi connectivity index (χ1v) is 34.7. The molecule has 0 radical (unpaired) electrons. The summed E-state index contributed by atoms with van der Waals surface area (Å²) in [5.41, 5.74) is 2.61. The van der Waals surface area contributed by atoms with Gasteiger partial charge in [0.15, 0.2) is 40.3 Å². The number of carbonyl (C=O) groups is 3. The van der Waals surface area contributed by atoms with Crippen LogP contribution in [0.3, 0.4) is 0 Å². The number of ketones is 1. The smallest absolute Gasteiger partial charge is 0.264 e. The Morgan fingerprint density at radius 1 is 0.440 bits per heavy atom. The Bertz CT molecular complexity index is 3220. The largest absolute Gasteiger partial charge is 0.490 e. The zero-order valence-electron chi connectivity index (χ0n) is 53.5. The Morgan fingerprint density at radius 2 is 0.791 bits per heavy atom. The van der Waals surface area contributed by atoms with Gasteiger partial charge in [-0.2, -0.15) is 16.8 Å². The monoisotopic (exact) mass is 1320 g/mol.